The number of nitro groups is 1. The third-order valence-corrected chi connectivity index (χ3v) is 8.95. The Morgan fingerprint density at radius 3 is 2.53 bits per heavy atom. The fourth-order valence-electron chi connectivity index (χ4n) is 4.54. The van der Waals surface area contributed by atoms with Gasteiger partial charge in [0.05, 0.1) is 23.1 Å². The summed E-state index contributed by atoms with van der Waals surface area (Å²) in [6.45, 7) is 4.62. The first-order chi connectivity index (χ1) is 20.8. The molecule has 0 spiro atoms. The molecule has 1 fully saturated rings. The molecule has 5 rings (SSSR count). The van der Waals surface area contributed by atoms with Gasteiger partial charge in [0.25, 0.3) is 11.5 Å². The number of unbranched alkanes of at least 4 members (excludes halogenated alkanes) is 1. The maximum atomic E-state index is 13.5. The van der Waals surface area contributed by atoms with Crippen LogP contribution < -0.4 is 9.64 Å². The highest BCUT2D eigenvalue weighted by Crippen LogP contribution is 2.44. The molecule has 1 saturated heterocycles. The second-order valence-corrected chi connectivity index (χ2v) is 12.1. The van der Waals surface area contributed by atoms with E-state index in [2.05, 4.69) is 17.1 Å². The molecule has 1 amide bonds. The van der Waals surface area contributed by atoms with Crippen molar-refractivity contribution in [2.24, 2.45) is 0 Å². The van der Waals surface area contributed by atoms with Gasteiger partial charge in [-0.05, 0) is 48.7 Å². The zero-order valence-electron chi connectivity index (χ0n) is 23.4. The van der Waals surface area contributed by atoms with Crippen molar-refractivity contribution in [3.63, 3.8) is 0 Å². The Bertz CT molecular complexity index is 1690. The van der Waals surface area contributed by atoms with Crippen LogP contribution in [0.4, 0.5) is 10.8 Å². The van der Waals surface area contributed by atoms with Gasteiger partial charge in [-0.1, -0.05) is 78.4 Å². The van der Waals surface area contributed by atoms with Crippen molar-refractivity contribution in [3.05, 3.63) is 111 Å². The standard InChI is InChI=1S/C31H28N4O6S2/c1-3-4-16-41-24-14-12-21(13-15-24)27(36)25-26(22-6-5-7-23(17-22)35(39)40)34(29(38)28(25)37)30-32-33-31(43-30)42-18-20-10-8-19(2)9-11-20/h5-15,17,26,36H,3-4,16,18H2,1-2H3/t26-/m1/s1. The van der Waals surface area contributed by atoms with Crippen LogP contribution in [-0.2, 0) is 15.3 Å². The summed E-state index contributed by atoms with van der Waals surface area (Å²) in [5.41, 5.74) is 2.39. The third-order valence-electron chi connectivity index (χ3n) is 6.82. The van der Waals surface area contributed by atoms with Gasteiger partial charge < -0.3 is 9.84 Å². The van der Waals surface area contributed by atoms with Crippen molar-refractivity contribution >= 4 is 51.4 Å². The molecular weight excluding hydrogens is 588 g/mol. The molecule has 3 aromatic carbocycles. The summed E-state index contributed by atoms with van der Waals surface area (Å²) in [4.78, 5) is 39.1. The Morgan fingerprint density at radius 2 is 1.84 bits per heavy atom. The number of carbonyl (C=O) groups excluding carboxylic acids is 2. The summed E-state index contributed by atoms with van der Waals surface area (Å²) in [5, 5.41) is 31.5. The quantitative estimate of drug-likeness (QED) is 0.0280. The van der Waals surface area contributed by atoms with Crippen LogP contribution in [0.25, 0.3) is 5.76 Å². The van der Waals surface area contributed by atoms with E-state index < -0.39 is 28.4 Å². The van der Waals surface area contributed by atoms with Gasteiger partial charge in [-0.15, -0.1) is 10.2 Å². The number of aliphatic hydroxyl groups is 1. The monoisotopic (exact) mass is 616 g/mol. The van der Waals surface area contributed by atoms with E-state index in [4.69, 9.17) is 4.74 Å². The van der Waals surface area contributed by atoms with Gasteiger partial charge >= 0.3 is 5.91 Å². The van der Waals surface area contributed by atoms with E-state index in [-0.39, 0.29) is 22.0 Å². The molecule has 0 unspecified atom stereocenters. The number of Topliss-reactive ketones (excluding diaryl/α,β-unsaturated/α-hetero) is 1. The number of anilines is 1. The number of carbonyl (C=O) groups is 2. The van der Waals surface area contributed by atoms with E-state index >= 15 is 0 Å². The lowest BCUT2D eigenvalue weighted by molar-refractivity contribution is -0.384. The minimum Gasteiger partial charge on any atom is -0.507 e. The number of amides is 1. The number of ketones is 1. The molecule has 43 heavy (non-hydrogen) atoms. The first kappa shape index (κ1) is 29.9. The molecule has 1 aromatic heterocycles. The Labute approximate surface area is 256 Å². The Morgan fingerprint density at radius 1 is 1.09 bits per heavy atom. The number of non-ortho nitro benzene ring substituents is 1. The van der Waals surface area contributed by atoms with E-state index in [1.807, 2.05) is 31.2 Å². The zero-order chi connectivity index (χ0) is 30.5. The van der Waals surface area contributed by atoms with Crippen molar-refractivity contribution < 1.29 is 24.4 Å². The summed E-state index contributed by atoms with van der Waals surface area (Å²) in [7, 11) is 0. The van der Waals surface area contributed by atoms with Gasteiger partial charge in [-0.2, -0.15) is 0 Å². The minimum atomic E-state index is -1.16. The van der Waals surface area contributed by atoms with Crippen LogP contribution in [0.5, 0.6) is 5.75 Å². The molecule has 1 aliphatic heterocycles. The van der Waals surface area contributed by atoms with Crippen LogP contribution in [-0.4, -0.2) is 38.5 Å². The lowest BCUT2D eigenvalue weighted by Gasteiger charge is -2.22. The van der Waals surface area contributed by atoms with Crippen LogP contribution in [0.15, 0.2) is 82.7 Å². The number of thioether (sulfide) groups is 1. The number of aliphatic hydroxyl groups excluding tert-OH is 1. The van der Waals surface area contributed by atoms with E-state index in [0.29, 0.717) is 28.0 Å². The number of ether oxygens (including phenoxy) is 1. The van der Waals surface area contributed by atoms with Crippen molar-refractivity contribution in [3.8, 4) is 5.75 Å². The molecule has 10 nitrogen and oxygen atoms in total. The second-order valence-electron chi connectivity index (χ2n) is 9.87. The van der Waals surface area contributed by atoms with Gasteiger partial charge in [-0.3, -0.25) is 24.6 Å². The average Bonchev–Trinajstić information content (AvgIpc) is 3.58. The number of aryl methyl sites for hydroxylation is 1. The summed E-state index contributed by atoms with van der Waals surface area (Å²) >= 11 is 2.56. The van der Waals surface area contributed by atoms with Gasteiger partial charge in [0.2, 0.25) is 5.13 Å². The summed E-state index contributed by atoms with van der Waals surface area (Å²) in [6, 6.07) is 19.1. The maximum Gasteiger partial charge on any atom is 0.301 e. The number of hydrogen-bond acceptors (Lipinski definition) is 10. The highest BCUT2D eigenvalue weighted by Gasteiger charge is 2.48. The first-order valence-electron chi connectivity index (χ1n) is 13.6. The summed E-state index contributed by atoms with van der Waals surface area (Å²) in [6.07, 6.45) is 1.88. The normalized spacial score (nSPS) is 16.0. The lowest BCUT2D eigenvalue weighted by Crippen LogP contribution is -2.29. The zero-order valence-corrected chi connectivity index (χ0v) is 25.1. The van der Waals surface area contributed by atoms with E-state index in [9.17, 15) is 24.8 Å². The number of nitro benzene ring substituents is 1. The average molecular weight is 617 g/mol. The van der Waals surface area contributed by atoms with Gasteiger partial charge in [0.1, 0.15) is 11.5 Å². The Kier molecular flexibility index (Phi) is 9.17. The fraction of sp³-hybridized carbons (Fsp3) is 0.226. The maximum absolute atomic E-state index is 13.5. The predicted octanol–water partition coefficient (Wildman–Crippen LogP) is 6.85. The van der Waals surface area contributed by atoms with Crippen LogP contribution >= 0.6 is 23.1 Å². The molecule has 0 aliphatic carbocycles. The lowest BCUT2D eigenvalue weighted by atomic mass is 9.95. The molecule has 1 atom stereocenters. The van der Waals surface area contributed by atoms with Crippen LogP contribution in [0, 0.1) is 17.0 Å². The molecule has 12 heteroatoms. The molecule has 1 N–H and O–H groups in total. The van der Waals surface area contributed by atoms with Gasteiger partial charge in [0.15, 0.2) is 4.34 Å². The van der Waals surface area contributed by atoms with Crippen molar-refractivity contribution in [2.45, 2.75) is 42.8 Å². The van der Waals surface area contributed by atoms with Crippen LogP contribution in [0.1, 0.15) is 48.1 Å². The Hall–Kier alpha value is -4.55. The number of hydrogen-bond donors (Lipinski definition) is 1. The van der Waals surface area contributed by atoms with Crippen molar-refractivity contribution in [2.75, 3.05) is 11.5 Å². The minimum absolute atomic E-state index is 0.142. The van der Waals surface area contributed by atoms with E-state index in [1.165, 1.54) is 30.0 Å². The molecule has 220 valence electrons. The molecule has 2 heterocycles. The third kappa shape index (κ3) is 6.60. The molecule has 1 aliphatic rings. The topological polar surface area (TPSA) is 136 Å². The number of aromatic nitrogens is 2. The largest absolute Gasteiger partial charge is 0.507 e. The number of benzene rings is 3. The molecular formula is C31H28N4O6S2. The van der Waals surface area contributed by atoms with Crippen molar-refractivity contribution in [1.82, 2.24) is 10.2 Å². The summed E-state index contributed by atoms with van der Waals surface area (Å²) < 4.78 is 6.27. The van der Waals surface area contributed by atoms with Gasteiger partial charge in [-0.25, -0.2) is 0 Å². The van der Waals surface area contributed by atoms with Crippen LogP contribution in [0.2, 0.25) is 0 Å². The molecule has 0 bridgehead atoms. The van der Waals surface area contributed by atoms with Gasteiger partial charge in [0, 0.05) is 23.4 Å². The highest BCUT2D eigenvalue weighted by atomic mass is 32.2. The Balaban J connectivity index is 1.51. The number of nitrogens with zero attached hydrogens (tertiary/aromatic N) is 4. The number of rotatable bonds is 11. The second kappa shape index (κ2) is 13.2. The molecule has 4 aromatic rings. The SMILES string of the molecule is CCCCOc1ccc(C(O)=C2C(=O)C(=O)N(c3nnc(SCc4ccc(C)cc4)s3)[C@@H]2c2cccc([N+](=O)[O-])c2)cc1. The smallest absolute Gasteiger partial charge is 0.301 e. The molecule has 0 radical (unpaired) electrons. The fourth-order valence-corrected chi connectivity index (χ4v) is 6.36. The van der Waals surface area contributed by atoms with Crippen LogP contribution in [0.3, 0.4) is 0 Å². The summed E-state index contributed by atoms with van der Waals surface area (Å²) in [5.74, 6) is -1.02. The van der Waals surface area contributed by atoms with Crippen molar-refractivity contribution in [1.29, 1.82) is 0 Å². The molecule has 0 saturated carbocycles. The predicted molar refractivity (Wildman–Crippen MR) is 165 cm³/mol. The highest BCUT2D eigenvalue weighted by molar-refractivity contribution is 8.00. The van der Waals surface area contributed by atoms with E-state index in [0.717, 1.165) is 40.2 Å². The first-order valence-corrected chi connectivity index (χ1v) is 15.4. The van der Waals surface area contributed by atoms with E-state index in [1.54, 1.807) is 30.3 Å².